The minimum atomic E-state index is -3.68. The summed E-state index contributed by atoms with van der Waals surface area (Å²) in [5.74, 6) is 0. The first-order valence-corrected chi connectivity index (χ1v) is 10.2. The third kappa shape index (κ3) is 3.53. The average molecular weight is 430 g/mol. The number of halogens is 2. The number of hydrogen-bond acceptors (Lipinski definition) is 3. The second-order valence-corrected chi connectivity index (χ2v) is 9.06. The van der Waals surface area contributed by atoms with Gasteiger partial charge in [0.2, 0.25) is 10.0 Å². The van der Waals surface area contributed by atoms with Crippen molar-refractivity contribution in [3.63, 3.8) is 0 Å². The third-order valence-corrected chi connectivity index (χ3v) is 7.08. The molecule has 1 unspecified atom stereocenters. The molecule has 0 radical (unpaired) electrons. The van der Waals surface area contributed by atoms with E-state index in [1.807, 2.05) is 37.4 Å². The van der Waals surface area contributed by atoms with E-state index < -0.39 is 10.0 Å². The Morgan fingerprint density at radius 1 is 1.12 bits per heavy atom. The maximum absolute atomic E-state index is 13.2. The summed E-state index contributed by atoms with van der Waals surface area (Å²) in [5, 5.41) is 0.232. The van der Waals surface area contributed by atoms with Crippen LogP contribution in [0.2, 0.25) is 5.02 Å². The van der Waals surface area contributed by atoms with Crippen molar-refractivity contribution < 1.29 is 8.42 Å². The highest BCUT2D eigenvalue weighted by atomic mass is 79.9. The van der Waals surface area contributed by atoms with Gasteiger partial charge in [0.1, 0.15) is 4.90 Å². The van der Waals surface area contributed by atoms with E-state index in [0.29, 0.717) is 19.6 Å². The summed E-state index contributed by atoms with van der Waals surface area (Å²) in [4.78, 5) is 2.30. The highest BCUT2D eigenvalue weighted by Gasteiger charge is 2.37. The standard InChI is InChI=1S/C17H18BrClN2O2S/c1-20-9-10-21(16(12-20)13-5-3-2-4-6-13)24(22,23)17-8-7-14(18)11-15(17)19/h2-8,11,16H,9-10,12H2,1H3. The summed E-state index contributed by atoms with van der Waals surface area (Å²) in [5.41, 5.74) is 0.987. The molecular formula is C17H18BrClN2O2S. The van der Waals surface area contributed by atoms with Gasteiger partial charge >= 0.3 is 0 Å². The monoisotopic (exact) mass is 428 g/mol. The normalized spacial score (nSPS) is 20.2. The fraction of sp³-hybridized carbons (Fsp3) is 0.294. The van der Waals surface area contributed by atoms with Crippen molar-refractivity contribution in [2.45, 2.75) is 10.9 Å². The lowest BCUT2D eigenvalue weighted by Crippen LogP contribution is -2.49. The molecule has 0 saturated carbocycles. The molecule has 24 heavy (non-hydrogen) atoms. The van der Waals surface area contributed by atoms with E-state index in [9.17, 15) is 8.42 Å². The maximum Gasteiger partial charge on any atom is 0.245 e. The highest BCUT2D eigenvalue weighted by molar-refractivity contribution is 9.10. The molecule has 128 valence electrons. The molecule has 1 aliphatic rings. The van der Waals surface area contributed by atoms with Crippen LogP contribution in [-0.4, -0.2) is 44.3 Å². The lowest BCUT2D eigenvalue weighted by molar-refractivity contribution is 0.160. The molecule has 0 amide bonds. The number of benzene rings is 2. The molecule has 0 aliphatic carbocycles. The molecule has 0 aromatic heterocycles. The second-order valence-electron chi connectivity index (χ2n) is 5.88. The van der Waals surface area contributed by atoms with Crippen LogP contribution in [-0.2, 0) is 10.0 Å². The van der Waals surface area contributed by atoms with E-state index in [2.05, 4.69) is 20.8 Å². The van der Waals surface area contributed by atoms with E-state index in [0.717, 1.165) is 10.0 Å². The maximum atomic E-state index is 13.2. The zero-order chi connectivity index (χ0) is 17.3. The molecule has 4 nitrogen and oxygen atoms in total. The molecule has 1 atom stereocenters. The van der Waals surface area contributed by atoms with Gasteiger partial charge < -0.3 is 4.90 Å². The molecule has 1 aliphatic heterocycles. The van der Waals surface area contributed by atoms with Crippen molar-refractivity contribution in [1.82, 2.24) is 9.21 Å². The Kier molecular flexibility index (Phi) is 5.32. The highest BCUT2D eigenvalue weighted by Crippen LogP contribution is 2.34. The molecule has 3 rings (SSSR count). The van der Waals surface area contributed by atoms with Gasteiger partial charge in [0.15, 0.2) is 0 Å². The van der Waals surface area contributed by atoms with E-state index in [4.69, 9.17) is 11.6 Å². The molecule has 0 spiro atoms. The van der Waals surface area contributed by atoms with Crippen molar-refractivity contribution in [3.8, 4) is 0 Å². The lowest BCUT2D eigenvalue weighted by Gasteiger charge is -2.39. The minimum absolute atomic E-state index is 0.151. The largest absolute Gasteiger partial charge is 0.303 e. The Balaban J connectivity index is 2.04. The second kappa shape index (κ2) is 7.14. The Bertz CT molecular complexity index is 830. The number of hydrogen-bond donors (Lipinski definition) is 0. The van der Waals surface area contributed by atoms with E-state index in [1.54, 1.807) is 22.5 Å². The number of sulfonamides is 1. The van der Waals surface area contributed by atoms with Crippen molar-refractivity contribution in [2.75, 3.05) is 26.7 Å². The smallest absolute Gasteiger partial charge is 0.245 e. The molecule has 2 aromatic rings. The van der Waals surface area contributed by atoms with E-state index in [-0.39, 0.29) is 16.0 Å². The van der Waals surface area contributed by atoms with Gasteiger partial charge in [-0.1, -0.05) is 57.9 Å². The van der Waals surface area contributed by atoms with Crippen LogP contribution < -0.4 is 0 Å². The van der Waals surface area contributed by atoms with Crippen molar-refractivity contribution in [1.29, 1.82) is 0 Å². The summed E-state index contributed by atoms with van der Waals surface area (Å²) >= 11 is 9.53. The van der Waals surface area contributed by atoms with Gasteiger partial charge in [0.05, 0.1) is 11.1 Å². The van der Waals surface area contributed by atoms with Crippen LogP contribution in [0.25, 0.3) is 0 Å². The zero-order valence-electron chi connectivity index (χ0n) is 13.2. The molecule has 1 fully saturated rings. The van der Waals surface area contributed by atoms with Gasteiger partial charge in [-0.05, 0) is 30.8 Å². The van der Waals surface area contributed by atoms with Crippen molar-refractivity contribution >= 4 is 37.6 Å². The topological polar surface area (TPSA) is 40.6 Å². The number of nitrogens with zero attached hydrogens (tertiary/aromatic N) is 2. The zero-order valence-corrected chi connectivity index (χ0v) is 16.4. The first-order valence-electron chi connectivity index (χ1n) is 7.60. The summed E-state index contributed by atoms with van der Waals surface area (Å²) in [7, 11) is -1.67. The molecule has 1 saturated heterocycles. The Morgan fingerprint density at radius 2 is 1.83 bits per heavy atom. The van der Waals surface area contributed by atoms with Gasteiger partial charge in [-0.2, -0.15) is 4.31 Å². The number of likely N-dealkylation sites (N-methyl/N-ethyl adjacent to an activating group) is 1. The van der Waals surface area contributed by atoms with Crippen LogP contribution in [0, 0.1) is 0 Å². The summed E-state index contributed by atoms with van der Waals surface area (Å²) in [6.07, 6.45) is 0. The quantitative estimate of drug-likeness (QED) is 0.745. The Labute approximate surface area is 156 Å². The van der Waals surface area contributed by atoms with Gasteiger partial charge in [0.25, 0.3) is 0 Å². The SMILES string of the molecule is CN1CCN(S(=O)(=O)c2ccc(Br)cc2Cl)C(c2ccccc2)C1. The van der Waals surface area contributed by atoms with Gasteiger partial charge in [-0.3, -0.25) is 0 Å². The third-order valence-electron chi connectivity index (χ3n) is 4.20. The lowest BCUT2D eigenvalue weighted by atomic mass is 10.1. The summed E-state index contributed by atoms with van der Waals surface area (Å²) in [6, 6.07) is 14.4. The number of rotatable bonds is 3. The van der Waals surface area contributed by atoms with Crippen LogP contribution in [0.1, 0.15) is 11.6 Å². The Hall–Kier alpha value is -0.920. The van der Waals surface area contributed by atoms with Crippen LogP contribution in [0.3, 0.4) is 0 Å². The van der Waals surface area contributed by atoms with Crippen LogP contribution >= 0.6 is 27.5 Å². The molecule has 7 heteroatoms. The predicted octanol–water partition coefficient (Wildman–Crippen LogP) is 3.78. The molecule has 0 N–H and O–H groups in total. The van der Waals surface area contributed by atoms with Crippen molar-refractivity contribution in [3.05, 3.63) is 63.6 Å². The fourth-order valence-electron chi connectivity index (χ4n) is 2.95. The van der Waals surface area contributed by atoms with Gasteiger partial charge in [-0.25, -0.2) is 8.42 Å². The van der Waals surface area contributed by atoms with Crippen LogP contribution in [0.5, 0.6) is 0 Å². The first kappa shape index (κ1) is 17.9. The fourth-order valence-corrected chi connectivity index (χ4v) is 5.56. The molecule has 2 aromatic carbocycles. The van der Waals surface area contributed by atoms with Crippen LogP contribution in [0.15, 0.2) is 57.9 Å². The predicted molar refractivity (Wildman–Crippen MR) is 99.7 cm³/mol. The molecule has 0 bridgehead atoms. The minimum Gasteiger partial charge on any atom is -0.303 e. The molecule has 1 heterocycles. The average Bonchev–Trinajstić information content (AvgIpc) is 2.55. The van der Waals surface area contributed by atoms with Gasteiger partial charge in [0, 0.05) is 24.1 Å². The van der Waals surface area contributed by atoms with Crippen LogP contribution in [0.4, 0.5) is 0 Å². The van der Waals surface area contributed by atoms with E-state index >= 15 is 0 Å². The molecular weight excluding hydrogens is 412 g/mol. The Morgan fingerprint density at radius 3 is 2.50 bits per heavy atom. The summed E-state index contributed by atoms with van der Waals surface area (Å²) in [6.45, 7) is 1.78. The van der Waals surface area contributed by atoms with E-state index in [1.165, 1.54) is 0 Å². The number of piperazine rings is 1. The van der Waals surface area contributed by atoms with Crippen molar-refractivity contribution in [2.24, 2.45) is 0 Å². The summed E-state index contributed by atoms with van der Waals surface area (Å²) < 4.78 is 28.8. The first-order chi connectivity index (χ1) is 11.4. The van der Waals surface area contributed by atoms with Gasteiger partial charge in [-0.15, -0.1) is 0 Å².